The van der Waals surface area contributed by atoms with Crippen LogP contribution in [-0.4, -0.2) is 66.3 Å². The lowest BCUT2D eigenvalue weighted by Gasteiger charge is -2.20. The van der Waals surface area contributed by atoms with Gasteiger partial charge in [0.1, 0.15) is 12.2 Å². The molecule has 55 heavy (non-hydrogen) atoms. The third-order valence-electron chi connectivity index (χ3n) is 10.5. The number of unbranched alkanes of at least 4 members (excludes halogenated alkanes) is 32. The predicted octanol–water partition coefficient (Wildman–Crippen LogP) is 13.1. The van der Waals surface area contributed by atoms with E-state index in [1.165, 1.54) is 186 Å². The van der Waals surface area contributed by atoms with Gasteiger partial charge in [0.15, 0.2) is 0 Å². The monoisotopic (exact) mass is 807 g/mol. The van der Waals surface area contributed by atoms with Crippen molar-refractivity contribution in [2.75, 3.05) is 33.0 Å². The lowest BCUT2D eigenvalue weighted by molar-refractivity contribution is -0.154. The maximum Gasteiger partial charge on any atom is 0.472 e. The van der Waals surface area contributed by atoms with E-state index < -0.39 is 33.2 Å². The number of hydrogen-bond donors (Lipinski definition) is 3. The van der Waals surface area contributed by atoms with E-state index in [1.807, 2.05) is 0 Å². The molecular formula is C45H91O9P. The molecule has 0 aliphatic heterocycles. The van der Waals surface area contributed by atoms with Crippen molar-refractivity contribution in [1.82, 2.24) is 0 Å². The van der Waals surface area contributed by atoms with Gasteiger partial charge in [-0.05, 0) is 12.8 Å². The molecule has 0 saturated heterocycles. The van der Waals surface area contributed by atoms with Gasteiger partial charge in [-0.1, -0.05) is 219 Å². The van der Waals surface area contributed by atoms with Crippen molar-refractivity contribution in [3.8, 4) is 0 Å². The van der Waals surface area contributed by atoms with E-state index in [9.17, 15) is 19.4 Å². The van der Waals surface area contributed by atoms with Crippen molar-refractivity contribution in [2.45, 2.75) is 251 Å². The van der Waals surface area contributed by atoms with Crippen LogP contribution in [0.4, 0.5) is 0 Å². The number of hydrogen-bond acceptors (Lipinski definition) is 8. The smallest absolute Gasteiger partial charge is 0.457 e. The number of carbonyl (C=O) groups is 1. The van der Waals surface area contributed by atoms with Gasteiger partial charge in [-0.25, -0.2) is 4.57 Å². The summed E-state index contributed by atoms with van der Waals surface area (Å²) in [6, 6.07) is 0. The van der Waals surface area contributed by atoms with Gasteiger partial charge < -0.3 is 24.6 Å². The molecule has 0 rings (SSSR count). The Labute approximate surface area is 339 Å². The Bertz CT molecular complexity index is 830. The summed E-state index contributed by atoms with van der Waals surface area (Å²) in [6.45, 7) is 3.59. The summed E-state index contributed by atoms with van der Waals surface area (Å²) in [6.07, 6.45) is 42.0. The Kier molecular flexibility index (Phi) is 42.6. The van der Waals surface area contributed by atoms with Crippen LogP contribution in [0.25, 0.3) is 0 Å². The molecule has 0 aromatic heterocycles. The summed E-state index contributed by atoms with van der Waals surface area (Å²) in [7, 11) is -4.51. The van der Waals surface area contributed by atoms with Crippen molar-refractivity contribution < 1.29 is 43.0 Å². The van der Waals surface area contributed by atoms with Gasteiger partial charge in [-0.15, -0.1) is 0 Å². The normalized spacial score (nSPS) is 13.9. The van der Waals surface area contributed by atoms with Gasteiger partial charge in [0, 0.05) is 13.0 Å². The number of rotatable bonds is 46. The number of aliphatic hydroxyl groups excluding tert-OH is 2. The Morgan fingerprint density at radius 1 is 0.491 bits per heavy atom. The minimum Gasteiger partial charge on any atom is -0.457 e. The average Bonchev–Trinajstić information content (AvgIpc) is 3.18. The van der Waals surface area contributed by atoms with E-state index >= 15 is 0 Å². The standard InChI is InChI=1S/C45H91O9P/c1-3-5-7-9-11-13-15-17-19-21-22-24-26-28-30-32-34-36-38-51-41-44(42-53-55(49,50)52-40-43(47)39-46)54-45(48)37-35-33-31-29-27-25-23-20-18-16-14-12-10-8-6-4-2/h43-44,46-47H,3-42H2,1-2H3,(H,49,50)/t43-,44+/m0/s1. The largest absolute Gasteiger partial charge is 0.472 e. The molecule has 1 unspecified atom stereocenters. The SMILES string of the molecule is CCCCCCCCCCCCCCCCCCCCOC[C@H](COP(=O)(O)OC[C@@H](O)CO)OC(=O)CCCCCCCCCCCCCCCCCC. The Morgan fingerprint density at radius 2 is 0.818 bits per heavy atom. The molecule has 0 aliphatic rings. The van der Waals surface area contributed by atoms with Crippen molar-refractivity contribution in [1.29, 1.82) is 0 Å². The van der Waals surface area contributed by atoms with Crippen LogP contribution in [0.3, 0.4) is 0 Å². The number of ether oxygens (including phenoxy) is 2. The zero-order valence-electron chi connectivity index (χ0n) is 36.2. The molecule has 3 N–H and O–H groups in total. The number of phosphoric ester groups is 1. The molecule has 0 bridgehead atoms. The maximum atomic E-state index is 12.6. The molecule has 0 amide bonds. The fourth-order valence-electron chi connectivity index (χ4n) is 6.95. The molecule has 0 fully saturated rings. The van der Waals surface area contributed by atoms with E-state index in [1.54, 1.807) is 0 Å². The van der Waals surface area contributed by atoms with Crippen LogP contribution in [0, 0.1) is 0 Å². The predicted molar refractivity (Wildman–Crippen MR) is 228 cm³/mol. The highest BCUT2D eigenvalue weighted by Gasteiger charge is 2.26. The highest BCUT2D eigenvalue weighted by atomic mass is 31.2. The summed E-state index contributed by atoms with van der Waals surface area (Å²) in [5.74, 6) is -0.375. The molecule has 3 atom stereocenters. The molecule has 0 radical (unpaired) electrons. The maximum absolute atomic E-state index is 12.6. The van der Waals surface area contributed by atoms with Crippen LogP contribution < -0.4 is 0 Å². The molecule has 0 spiro atoms. The second-order valence-corrected chi connectivity index (χ2v) is 17.6. The molecular weight excluding hydrogens is 715 g/mol. The van der Waals surface area contributed by atoms with Crippen LogP contribution in [0.15, 0.2) is 0 Å². The van der Waals surface area contributed by atoms with Crippen LogP contribution in [0.5, 0.6) is 0 Å². The molecule has 0 heterocycles. The average molecular weight is 807 g/mol. The Balaban J connectivity index is 4.07. The third kappa shape index (κ3) is 42.9. The fraction of sp³-hybridized carbons (Fsp3) is 0.978. The van der Waals surface area contributed by atoms with E-state index in [0.29, 0.717) is 6.61 Å². The first kappa shape index (κ1) is 54.5. The zero-order chi connectivity index (χ0) is 40.3. The highest BCUT2D eigenvalue weighted by Crippen LogP contribution is 2.43. The summed E-state index contributed by atoms with van der Waals surface area (Å²) in [5, 5.41) is 18.4. The van der Waals surface area contributed by atoms with Gasteiger partial charge in [0.25, 0.3) is 0 Å². The van der Waals surface area contributed by atoms with Crippen LogP contribution in [-0.2, 0) is 27.9 Å². The number of aliphatic hydroxyl groups is 2. The highest BCUT2D eigenvalue weighted by molar-refractivity contribution is 7.47. The Morgan fingerprint density at radius 3 is 1.18 bits per heavy atom. The molecule has 10 heteroatoms. The second-order valence-electron chi connectivity index (χ2n) is 16.1. The summed E-state index contributed by atoms with van der Waals surface area (Å²) < 4.78 is 33.4. The Hall–Kier alpha value is -0.540. The van der Waals surface area contributed by atoms with Crippen LogP contribution in [0.1, 0.15) is 239 Å². The summed E-state index contributed by atoms with van der Waals surface area (Å²) in [4.78, 5) is 22.6. The molecule has 0 aliphatic carbocycles. The van der Waals surface area contributed by atoms with Gasteiger partial charge in [-0.2, -0.15) is 0 Å². The first-order valence-corrected chi connectivity index (χ1v) is 25.0. The lowest BCUT2D eigenvalue weighted by Crippen LogP contribution is -2.29. The van der Waals surface area contributed by atoms with Gasteiger partial charge in [0.05, 0.1) is 26.4 Å². The lowest BCUT2D eigenvalue weighted by atomic mass is 10.0. The third-order valence-corrected chi connectivity index (χ3v) is 11.5. The van der Waals surface area contributed by atoms with E-state index in [-0.39, 0.29) is 25.6 Å². The van der Waals surface area contributed by atoms with Crippen molar-refractivity contribution in [2.24, 2.45) is 0 Å². The van der Waals surface area contributed by atoms with Crippen LogP contribution >= 0.6 is 7.82 Å². The van der Waals surface area contributed by atoms with Crippen molar-refractivity contribution >= 4 is 13.8 Å². The van der Waals surface area contributed by atoms with E-state index in [0.717, 1.165) is 32.1 Å². The van der Waals surface area contributed by atoms with Crippen molar-refractivity contribution in [3.63, 3.8) is 0 Å². The van der Waals surface area contributed by atoms with E-state index in [2.05, 4.69) is 13.8 Å². The number of carbonyl (C=O) groups excluding carboxylic acids is 1. The van der Waals surface area contributed by atoms with Crippen LogP contribution in [0.2, 0.25) is 0 Å². The minimum atomic E-state index is -4.51. The number of phosphoric acid groups is 1. The van der Waals surface area contributed by atoms with Crippen molar-refractivity contribution in [3.05, 3.63) is 0 Å². The quantitative estimate of drug-likeness (QED) is 0.0312. The molecule has 0 saturated carbocycles. The fourth-order valence-corrected chi connectivity index (χ4v) is 7.74. The molecule has 330 valence electrons. The zero-order valence-corrected chi connectivity index (χ0v) is 37.1. The molecule has 0 aromatic carbocycles. The van der Waals surface area contributed by atoms with Gasteiger partial charge in [-0.3, -0.25) is 13.8 Å². The molecule has 0 aromatic rings. The summed E-state index contributed by atoms with van der Waals surface area (Å²) in [5.41, 5.74) is 0. The summed E-state index contributed by atoms with van der Waals surface area (Å²) >= 11 is 0. The number of esters is 1. The first-order chi connectivity index (χ1) is 26.8. The van der Waals surface area contributed by atoms with Gasteiger partial charge in [0.2, 0.25) is 0 Å². The molecule has 9 nitrogen and oxygen atoms in total. The first-order valence-electron chi connectivity index (χ1n) is 23.5. The second kappa shape index (κ2) is 43.0. The topological polar surface area (TPSA) is 132 Å². The minimum absolute atomic E-state index is 0.0585. The van der Waals surface area contributed by atoms with E-state index in [4.69, 9.17) is 23.6 Å². The van der Waals surface area contributed by atoms with Gasteiger partial charge >= 0.3 is 13.8 Å².